The van der Waals surface area contributed by atoms with Gasteiger partial charge in [-0.25, -0.2) is 4.98 Å². The summed E-state index contributed by atoms with van der Waals surface area (Å²) in [5.41, 5.74) is 5.16. The molecule has 0 radical (unpaired) electrons. The number of hydrogen-bond acceptors (Lipinski definition) is 4. The van der Waals surface area contributed by atoms with Crippen LogP contribution >= 0.6 is 0 Å². The fraction of sp³-hybridized carbons (Fsp3) is 0.360. The Hall–Kier alpha value is -3.08. The van der Waals surface area contributed by atoms with Crippen LogP contribution in [0.25, 0.3) is 0 Å². The molecule has 1 aliphatic carbocycles. The van der Waals surface area contributed by atoms with Gasteiger partial charge in [0.25, 0.3) is 0 Å². The third-order valence-electron chi connectivity index (χ3n) is 5.70. The summed E-state index contributed by atoms with van der Waals surface area (Å²) in [6.45, 7) is 2.75. The van der Waals surface area contributed by atoms with Gasteiger partial charge >= 0.3 is 5.97 Å². The molecule has 1 unspecified atom stereocenters. The van der Waals surface area contributed by atoms with Crippen LogP contribution in [0.2, 0.25) is 0 Å². The van der Waals surface area contributed by atoms with E-state index in [1.54, 1.807) is 6.20 Å². The number of nitrogens with zero attached hydrogens (tertiary/aromatic N) is 2. The number of aromatic nitrogens is 2. The molecule has 0 fully saturated rings. The van der Waals surface area contributed by atoms with Gasteiger partial charge in [0.15, 0.2) is 0 Å². The average Bonchev–Trinajstić information content (AvgIpc) is 3.39. The highest BCUT2D eigenvalue weighted by Gasteiger charge is 2.22. The van der Waals surface area contributed by atoms with Crippen LogP contribution in [-0.4, -0.2) is 22.1 Å². The van der Waals surface area contributed by atoms with E-state index < -0.39 is 0 Å². The maximum absolute atomic E-state index is 12.2. The Balaban J connectivity index is 1.46. The van der Waals surface area contributed by atoms with E-state index in [0.29, 0.717) is 13.2 Å². The number of rotatable bonds is 8. The molecule has 5 nitrogen and oxygen atoms in total. The Bertz CT molecular complexity index is 1010. The van der Waals surface area contributed by atoms with Gasteiger partial charge in [0.1, 0.15) is 18.2 Å². The predicted molar refractivity (Wildman–Crippen MR) is 116 cm³/mol. The smallest absolute Gasteiger partial charge is 0.306 e. The van der Waals surface area contributed by atoms with E-state index in [9.17, 15) is 4.79 Å². The Morgan fingerprint density at radius 3 is 2.67 bits per heavy atom. The Morgan fingerprint density at radius 1 is 1.13 bits per heavy atom. The van der Waals surface area contributed by atoms with Gasteiger partial charge in [0.2, 0.25) is 0 Å². The molecule has 1 heterocycles. The van der Waals surface area contributed by atoms with Crippen molar-refractivity contribution in [1.82, 2.24) is 9.55 Å². The molecule has 0 amide bonds. The summed E-state index contributed by atoms with van der Waals surface area (Å²) in [6.07, 6.45) is 7.52. The summed E-state index contributed by atoms with van der Waals surface area (Å²) in [5.74, 6) is 1.28. The van der Waals surface area contributed by atoms with Crippen molar-refractivity contribution in [3.8, 4) is 5.75 Å². The standard InChI is InChI=1S/C25H28N2O3/c1-3-29-24(28)16-23(25-26-13-14-27(25)2)20-9-11-22(12-10-20)30-17-18-7-8-19-5-4-6-21(19)15-18/h7-15,23H,3-6,16-17H2,1-2H3. The number of ether oxygens (including phenoxy) is 2. The largest absolute Gasteiger partial charge is 0.489 e. The van der Waals surface area contributed by atoms with E-state index in [-0.39, 0.29) is 18.3 Å². The van der Waals surface area contributed by atoms with Crippen molar-refractivity contribution < 1.29 is 14.3 Å². The van der Waals surface area contributed by atoms with Crippen molar-refractivity contribution in [2.45, 2.75) is 45.1 Å². The quantitative estimate of drug-likeness (QED) is 0.516. The van der Waals surface area contributed by atoms with E-state index in [1.165, 1.54) is 36.0 Å². The van der Waals surface area contributed by atoms with Gasteiger partial charge in [0.05, 0.1) is 18.9 Å². The SMILES string of the molecule is CCOC(=O)CC(c1ccc(OCc2ccc3c(c2)CCC3)cc1)c1nccn1C. The van der Waals surface area contributed by atoms with Crippen molar-refractivity contribution in [3.63, 3.8) is 0 Å². The lowest BCUT2D eigenvalue weighted by atomic mass is 9.94. The second-order valence-corrected chi connectivity index (χ2v) is 7.77. The van der Waals surface area contributed by atoms with Crippen LogP contribution in [-0.2, 0) is 36.0 Å². The number of carbonyl (C=O) groups excluding carboxylic acids is 1. The maximum Gasteiger partial charge on any atom is 0.306 e. The van der Waals surface area contributed by atoms with Crippen molar-refractivity contribution in [2.75, 3.05) is 6.61 Å². The van der Waals surface area contributed by atoms with Crippen LogP contribution in [0.5, 0.6) is 5.75 Å². The van der Waals surface area contributed by atoms with Crippen LogP contribution < -0.4 is 4.74 Å². The third-order valence-corrected chi connectivity index (χ3v) is 5.70. The van der Waals surface area contributed by atoms with E-state index in [2.05, 4.69) is 23.2 Å². The number of imidazole rings is 1. The maximum atomic E-state index is 12.2. The van der Waals surface area contributed by atoms with E-state index >= 15 is 0 Å². The molecule has 0 N–H and O–H groups in total. The predicted octanol–water partition coefficient (Wildman–Crippen LogP) is 4.57. The molecule has 0 spiro atoms. The zero-order valence-electron chi connectivity index (χ0n) is 17.6. The number of benzene rings is 2. The highest BCUT2D eigenvalue weighted by atomic mass is 16.5. The molecule has 0 aliphatic heterocycles. The van der Waals surface area contributed by atoms with Crippen LogP contribution in [0.1, 0.15) is 53.8 Å². The monoisotopic (exact) mass is 404 g/mol. The van der Waals surface area contributed by atoms with Gasteiger partial charge < -0.3 is 14.0 Å². The average molecular weight is 405 g/mol. The van der Waals surface area contributed by atoms with Crippen molar-refractivity contribution >= 4 is 5.97 Å². The highest BCUT2D eigenvalue weighted by Crippen LogP contribution is 2.29. The minimum atomic E-state index is -0.220. The zero-order chi connectivity index (χ0) is 20.9. The number of carbonyl (C=O) groups is 1. The number of fused-ring (bicyclic) bond motifs is 1. The van der Waals surface area contributed by atoms with Gasteiger partial charge in [-0.3, -0.25) is 4.79 Å². The summed E-state index contributed by atoms with van der Waals surface area (Å²) in [7, 11) is 1.94. The summed E-state index contributed by atoms with van der Waals surface area (Å²) in [5, 5.41) is 0. The summed E-state index contributed by atoms with van der Waals surface area (Å²) in [4.78, 5) is 16.6. The fourth-order valence-electron chi connectivity index (χ4n) is 4.14. The first-order chi connectivity index (χ1) is 14.6. The lowest BCUT2D eigenvalue weighted by molar-refractivity contribution is -0.143. The molecule has 0 saturated heterocycles. The molecule has 156 valence electrons. The van der Waals surface area contributed by atoms with E-state index in [1.807, 2.05) is 49.0 Å². The summed E-state index contributed by atoms with van der Waals surface area (Å²) in [6, 6.07) is 14.6. The second kappa shape index (κ2) is 9.16. The molecule has 0 bridgehead atoms. The molecular formula is C25H28N2O3. The fourth-order valence-corrected chi connectivity index (χ4v) is 4.14. The zero-order valence-corrected chi connectivity index (χ0v) is 17.6. The number of hydrogen-bond donors (Lipinski definition) is 0. The summed E-state index contributed by atoms with van der Waals surface area (Å²) < 4.78 is 13.1. The molecule has 4 rings (SSSR count). The van der Waals surface area contributed by atoms with Crippen LogP contribution in [0, 0.1) is 0 Å². The van der Waals surface area contributed by atoms with Crippen molar-refractivity contribution in [2.24, 2.45) is 7.05 Å². The third kappa shape index (κ3) is 4.56. The minimum absolute atomic E-state index is 0.158. The molecule has 30 heavy (non-hydrogen) atoms. The minimum Gasteiger partial charge on any atom is -0.489 e. The molecule has 1 aromatic heterocycles. The Morgan fingerprint density at radius 2 is 1.93 bits per heavy atom. The first kappa shape index (κ1) is 20.2. The van der Waals surface area contributed by atoms with Crippen LogP contribution in [0.4, 0.5) is 0 Å². The van der Waals surface area contributed by atoms with Crippen molar-refractivity contribution in [1.29, 1.82) is 0 Å². The van der Waals surface area contributed by atoms with Gasteiger partial charge in [-0.05, 0) is 60.6 Å². The van der Waals surface area contributed by atoms with Crippen LogP contribution in [0.3, 0.4) is 0 Å². The molecule has 1 aliphatic rings. The normalized spacial score (nSPS) is 13.7. The molecule has 3 aromatic rings. The summed E-state index contributed by atoms with van der Waals surface area (Å²) >= 11 is 0. The van der Waals surface area contributed by atoms with Gasteiger partial charge in [-0.1, -0.05) is 30.3 Å². The molecule has 1 atom stereocenters. The Labute approximate surface area is 177 Å². The Kier molecular flexibility index (Phi) is 6.17. The highest BCUT2D eigenvalue weighted by molar-refractivity contribution is 5.71. The van der Waals surface area contributed by atoms with Gasteiger partial charge in [0, 0.05) is 19.4 Å². The topological polar surface area (TPSA) is 53.4 Å². The molecular weight excluding hydrogens is 376 g/mol. The molecule has 2 aromatic carbocycles. The number of aryl methyl sites for hydroxylation is 3. The number of esters is 1. The van der Waals surface area contributed by atoms with E-state index in [0.717, 1.165) is 17.1 Å². The molecule has 5 heteroatoms. The molecule has 0 saturated carbocycles. The van der Waals surface area contributed by atoms with Crippen LogP contribution in [0.15, 0.2) is 54.9 Å². The first-order valence-electron chi connectivity index (χ1n) is 10.6. The first-order valence-corrected chi connectivity index (χ1v) is 10.6. The van der Waals surface area contributed by atoms with Gasteiger partial charge in [-0.15, -0.1) is 0 Å². The van der Waals surface area contributed by atoms with Crippen molar-refractivity contribution in [3.05, 3.63) is 82.9 Å². The lowest BCUT2D eigenvalue weighted by Gasteiger charge is -2.17. The van der Waals surface area contributed by atoms with E-state index in [4.69, 9.17) is 9.47 Å². The second-order valence-electron chi connectivity index (χ2n) is 7.77. The van der Waals surface area contributed by atoms with Gasteiger partial charge in [-0.2, -0.15) is 0 Å². The lowest BCUT2D eigenvalue weighted by Crippen LogP contribution is -2.15.